The Hall–Kier alpha value is -1.98. The number of anilines is 1. The van der Waals surface area contributed by atoms with Crippen LogP contribution in [0.1, 0.15) is 6.42 Å². The molecule has 5 nitrogen and oxygen atoms in total. The van der Waals surface area contributed by atoms with Gasteiger partial charge in [-0.1, -0.05) is 0 Å². The van der Waals surface area contributed by atoms with Crippen LogP contribution in [0.2, 0.25) is 0 Å². The van der Waals surface area contributed by atoms with Crippen molar-refractivity contribution in [2.24, 2.45) is 0 Å². The number of rotatable bonds is 1. The minimum atomic E-state index is -0.806. The van der Waals surface area contributed by atoms with Crippen molar-refractivity contribution in [1.82, 2.24) is 15.0 Å². The molecule has 0 amide bonds. The molecule has 0 saturated carbocycles. The van der Waals surface area contributed by atoms with Crippen molar-refractivity contribution in [3.63, 3.8) is 0 Å². The van der Waals surface area contributed by atoms with Crippen LogP contribution in [0.25, 0.3) is 11.0 Å². The zero-order chi connectivity index (χ0) is 11.8. The molecule has 17 heavy (non-hydrogen) atoms. The number of fused-ring (bicyclic) bond motifs is 1. The molecule has 2 aromatic heterocycles. The number of pyridine rings is 1. The Kier molecular flexibility index (Phi) is 2.28. The summed E-state index contributed by atoms with van der Waals surface area (Å²) >= 11 is 0. The standard InChI is InChI=1S/C11H11FN4O/c12-7-3-4-16(5-7)9-2-1-8-10(15-9)11(17)14-6-13-8/h1-2,6-7H,3-5H2,(H,13,14,17)/t7-/m0/s1. The first kappa shape index (κ1) is 10.2. The molecule has 88 valence electrons. The van der Waals surface area contributed by atoms with E-state index in [9.17, 15) is 9.18 Å². The van der Waals surface area contributed by atoms with Crippen LogP contribution in [0.3, 0.4) is 0 Å². The summed E-state index contributed by atoms with van der Waals surface area (Å²) in [5.74, 6) is 0.635. The maximum Gasteiger partial charge on any atom is 0.277 e. The lowest BCUT2D eigenvalue weighted by molar-refractivity contribution is 0.364. The molecule has 0 aliphatic carbocycles. The van der Waals surface area contributed by atoms with E-state index >= 15 is 0 Å². The van der Waals surface area contributed by atoms with E-state index in [1.165, 1.54) is 6.33 Å². The summed E-state index contributed by atoms with van der Waals surface area (Å²) < 4.78 is 13.1. The van der Waals surface area contributed by atoms with Gasteiger partial charge < -0.3 is 9.88 Å². The Morgan fingerprint density at radius 1 is 1.47 bits per heavy atom. The highest BCUT2D eigenvalue weighted by molar-refractivity contribution is 5.74. The number of hydrogen-bond acceptors (Lipinski definition) is 4. The molecule has 0 aromatic carbocycles. The van der Waals surface area contributed by atoms with Gasteiger partial charge in [0.1, 0.15) is 12.0 Å². The number of nitrogens with zero attached hydrogens (tertiary/aromatic N) is 3. The lowest BCUT2D eigenvalue weighted by Gasteiger charge is -2.15. The highest BCUT2D eigenvalue weighted by Crippen LogP contribution is 2.20. The number of hydrogen-bond donors (Lipinski definition) is 1. The van der Waals surface area contributed by atoms with Crippen LogP contribution in [0, 0.1) is 0 Å². The molecule has 1 fully saturated rings. The van der Waals surface area contributed by atoms with Crippen molar-refractivity contribution < 1.29 is 4.39 Å². The maximum absolute atomic E-state index is 13.1. The molecule has 0 radical (unpaired) electrons. The summed E-state index contributed by atoms with van der Waals surface area (Å²) in [5.41, 5.74) is 0.577. The second-order valence-corrected chi connectivity index (χ2v) is 4.10. The van der Waals surface area contributed by atoms with Gasteiger partial charge in [-0.25, -0.2) is 14.4 Å². The Morgan fingerprint density at radius 2 is 2.35 bits per heavy atom. The SMILES string of the molecule is O=c1[nH]cnc2ccc(N3CC[C@H](F)C3)nc12. The van der Waals surface area contributed by atoms with Gasteiger partial charge in [-0.15, -0.1) is 0 Å². The Balaban J connectivity index is 2.07. The molecule has 3 heterocycles. The van der Waals surface area contributed by atoms with Crippen LogP contribution in [0.4, 0.5) is 10.2 Å². The number of alkyl halides is 1. The number of halogens is 1. The van der Waals surface area contributed by atoms with E-state index in [-0.39, 0.29) is 5.56 Å². The Labute approximate surface area is 96.3 Å². The van der Waals surface area contributed by atoms with E-state index in [4.69, 9.17) is 0 Å². The largest absolute Gasteiger partial charge is 0.354 e. The van der Waals surface area contributed by atoms with Crippen LogP contribution in [0.15, 0.2) is 23.3 Å². The topological polar surface area (TPSA) is 61.9 Å². The first-order valence-corrected chi connectivity index (χ1v) is 5.47. The predicted octanol–water partition coefficient (Wildman–Crippen LogP) is 0.866. The number of nitrogens with one attached hydrogen (secondary N) is 1. The van der Waals surface area contributed by atoms with E-state index in [1.54, 1.807) is 12.1 Å². The molecule has 1 N–H and O–H groups in total. The molecular weight excluding hydrogens is 223 g/mol. The van der Waals surface area contributed by atoms with Crippen LogP contribution < -0.4 is 10.5 Å². The summed E-state index contributed by atoms with van der Waals surface area (Å²) in [5, 5.41) is 0. The minimum Gasteiger partial charge on any atom is -0.354 e. The van der Waals surface area contributed by atoms with E-state index in [0.29, 0.717) is 36.4 Å². The van der Waals surface area contributed by atoms with Gasteiger partial charge in [0.15, 0.2) is 5.52 Å². The fraction of sp³-hybridized carbons (Fsp3) is 0.364. The van der Waals surface area contributed by atoms with Gasteiger partial charge >= 0.3 is 0 Å². The molecule has 1 aliphatic heterocycles. The van der Waals surface area contributed by atoms with Gasteiger partial charge in [0.05, 0.1) is 18.4 Å². The first-order valence-electron chi connectivity index (χ1n) is 5.47. The molecule has 0 spiro atoms. The summed E-state index contributed by atoms with van der Waals surface area (Å²) in [6.07, 6.45) is 1.06. The summed E-state index contributed by atoms with van der Waals surface area (Å²) in [7, 11) is 0. The monoisotopic (exact) mass is 234 g/mol. The zero-order valence-electron chi connectivity index (χ0n) is 9.06. The number of aromatic amines is 1. The van der Waals surface area contributed by atoms with E-state index in [1.807, 2.05) is 4.90 Å². The van der Waals surface area contributed by atoms with Gasteiger partial charge in [-0.2, -0.15) is 0 Å². The summed E-state index contributed by atoms with van der Waals surface area (Å²) in [6.45, 7) is 0.981. The van der Waals surface area contributed by atoms with Crippen molar-refractivity contribution >= 4 is 16.9 Å². The van der Waals surface area contributed by atoms with Crippen LogP contribution in [-0.4, -0.2) is 34.2 Å². The number of H-pyrrole nitrogens is 1. The minimum absolute atomic E-state index is 0.271. The van der Waals surface area contributed by atoms with Gasteiger partial charge in [0.2, 0.25) is 0 Å². The Morgan fingerprint density at radius 3 is 3.12 bits per heavy atom. The van der Waals surface area contributed by atoms with E-state index in [0.717, 1.165) is 0 Å². The summed E-state index contributed by atoms with van der Waals surface area (Å²) in [4.78, 5) is 24.1. The third-order valence-electron chi connectivity index (χ3n) is 2.93. The maximum atomic E-state index is 13.1. The van der Waals surface area contributed by atoms with Crippen molar-refractivity contribution in [3.05, 3.63) is 28.8 Å². The summed E-state index contributed by atoms with van der Waals surface area (Å²) in [6, 6.07) is 3.51. The third-order valence-corrected chi connectivity index (χ3v) is 2.93. The quantitative estimate of drug-likeness (QED) is 0.795. The smallest absolute Gasteiger partial charge is 0.277 e. The number of aromatic nitrogens is 3. The predicted molar refractivity (Wildman–Crippen MR) is 61.9 cm³/mol. The van der Waals surface area contributed by atoms with E-state index < -0.39 is 6.17 Å². The molecule has 1 atom stereocenters. The van der Waals surface area contributed by atoms with E-state index in [2.05, 4.69) is 15.0 Å². The Bertz CT molecular complexity index is 612. The van der Waals surface area contributed by atoms with Crippen molar-refractivity contribution in [2.45, 2.75) is 12.6 Å². The van der Waals surface area contributed by atoms with Gasteiger partial charge in [-0.05, 0) is 18.6 Å². The lowest BCUT2D eigenvalue weighted by Crippen LogP contribution is -2.22. The molecular formula is C11H11FN4O. The average Bonchev–Trinajstić information content (AvgIpc) is 2.76. The molecule has 1 aliphatic rings. The zero-order valence-corrected chi connectivity index (χ0v) is 9.06. The van der Waals surface area contributed by atoms with Gasteiger partial charge in [0.25, 0.3) is 5.56 Å². The fourth-order valence-corrected chi connectivity index (χ4v) is 2.04. The molecule has 1 saturated heterocycles. The normalized spacial score (nSPS) is 20.1. The molecule has 3 rings (SSSR count). The second-order valence-electron chi connectivity index (χ2n) is 4.10. The fourth-order valence-electron chi connectivity index (χ4n) is 2.04. The van der Waals surface area contributed by atoms with Gasteiger partial charge in [-0.3, -0.25) is 4.79 Å². The lowest BCUT2D eigenvalue weighted by atomic mass is 10.3. The van der Waals surface area contributed by atoms with Crippen LogP contribution in [-0.2, 0) is 0 Å². The molecule has 6 heteroatoms. The molecule has 0 bridgehead atoms. The highest BCUT2D eigenvalue weighted by Gasteiger charge is 2.23. The highest BCUT2D eigenvalue weighted by atomic mass is 19.1. The van der Waals surface area contributed by atoms with Gasteiger partial charge in [0, 0.05) is 6.54 Å². The molecule has 0 unspecified atom stereocenters. The van der Waals surface area contributed by atoms with Crippen molar-refractivity contribution in [3.8, 4) is 0 Å². The molecule has 2 aromatic rings. The van der Waals surface area contributed by atoms with Crippen LogP contribution in [0.5, 0.6) is 0 Å². The second kappa shape index (κ2) is 3.80. The van der Waals surface area contributed by atoms with Crippen molar-refractivity contribution in [1.29, 1.82) is 0 Å². The van der Waals surface area contributed by atoms with Crippen LogP contribution >= 0.6 is 0 Å². The third kappa shape index (κ3) is 1.75. The average molecular weight is 234 g/mol. The first-order chi connectivity index (χ1) is 8.24. The van der Waals surface area contributed by atoms with Crippen molar-refractivity contribution in [2.75, 3.05) is 18.0 Å².